The third kappa shape index (κ3) is 3.58. The van der Waals surface area contributed by atoms with Crippen molar-refractivity contribution in [1.29, 1.82) is 0 Å². The van der Waals surface area contributed by atoms with Gasteiger partial charge in [0.05, 0.1) is 5.69 Å². The number of aliphatic hydroxyl groups is 1. The van der Waals surface area contributed by atoms with Crippen molar-refractivity contribution >= 4 is 11.6 Å². The van der Waals surface area contributed by atoms with Gasteiger partial charge in [0.25, 0.3) is 5.91 Å². The van der Waals surface area contributed by atoms with Gasteiger partial charge in [0.2, 0.25) is 0 Å². The molecular formula is C15H22N4O2. The first kappa shape index (κ1) is 15.4. The van der Waals surface area contributed by atoms with E-state index in [9.17, 15) is 9.90 Å². The summed E-state index contributed by atoms with van der Waals surface area (Å²) in [5, 5.41) is 16.4. The first-order valence-electron chi connectivity index (χ1n) is 7.13. The summed E-state index contributed by atoms with van der Waals surface area (Å²) in [7, 11) is 0. The Morgan fingerprint density at radius 3 is 2.95 bits per heavy atom. The van der Waals surface area contributed by atoms with Crippen LogP contribution in [0.5, 0.6) is 0 Å². The minimum atomic E-state index is -0.150. The first-order chi connectivity index (χ1) is 9.94. The van der Waals surface area contributed by atoms with Crippen LogP contribution in [0.25, 0.3) is 5.65 Å². The highest BCUT2D eigenvalue weighted by atomic mass is 16.3. The topological polar surface area (TPSA) is 79.5 Å². The molecule has 1 amide bonds. The molecule has 0 saturated heterocycles. The van der Waals surface area contributed by atoms with Crippen LogP contribution in [0.15, 0.2) is 18.5 Å². The smallest absolute Gasteiger partial charge is 0.257 e. The van der Waals surface area contributed by atoms with Crippen molar-refractivity contribution in [2.45, 2.75) is 33.6 Å². The molecule has 0 aliphatic carbocycles. The fourth-order valence-electron chi connectivity index (χ4n) is 2.20. The van der Waals surface area contributed by atoms with Gasteiger partial charge in [0, 0.05) is 25.5 Å². The van der Waals surface area contributed by atoms with E-state index in [4.69, 9.17) is 0 Å². The van der Waals surface area contributed by atoms with Crippen LogP contribution in [0.2, 0.25) is 0 Å². The third-order valence-corrected chi connectivity index (χ3v) is 3.54. The number of aromatic nitrogens is 3. The number of rotatable bonds is 6. The summed E-state index contributed by atoms with van der Waals surface area (Å²) in [4.78, 5) is 16.5. The molecule has 0 aliphatic rings. The van der Waals surface area contributed by atoms with Gasteiger partial charge in [-0.25, -0.2) is 9.50 Å². The van der Waals surface area contributed by atoms with E-state index < -0.39 is 0 Å². The van der Waals surface area contributed by atoms with Gasteiger partial charge in [-0.1, -0.05) is 13.8 Å². The number of carbonyl (C=O) groups is 1. The summed E-state index contributed by atoms with van der Waals surface area (Å²) in [6, 6.07) is 1.78. The maximum absolute atomic E-state index is 12.3. The summed E-state index contributed by atoms with van der Waals surface area (Å²) in [6.07, 6.45) is 5.10. The van der Waals surface area contributed by atoms with Crippen molar-refractivity contribution in [1.82, 2.24) is 19.9 Å². The van der Waals surface area contributed by atoms with Gasteiger partial charge in [-0.3, -0.25) is 4.79 Å². The lowest BCUT2D eigenvalue weighted by Crippen LogP contribution is -2.27. The predicted molar refractivity (Wildman–Crippen MR) is 80.2 cm³/mol. The van der Waals surface area contributed by atoms with E-state index in [1.54, 1.807) is 29.9 Å². The van der Waals surface area contributed by atoms with E-state index in [-0.39, 0.29) is 17.9 Å². The molecule has 0 bridgehead atoms. The summed E-state index contributed by atoms with van der Waals surface area (Å²) in [6.45, 7) is 6.55. The molecule has 2 N–H and O–H groups in total. The predicted octanol–water partition coefficient (Wildman–Crippen LogP) is 1.57. The number of amides is 1. The Morgan fingerprint density at radius 1 is 1.48 bits per heavy atom. The molecule has 0 fully saturated rings. The third-order valence-electron chi connectivity index (χ3n) is 3.54. The molecule has 6 nitrogen and oxygen atoms in total. The molecule has 114 valence electrons. The second kappa shape index (κ2) is 6.22. The maximum atomic E-state index is 12.3. The van der Waals surface area contributed by atoms with E-state index in [2.05, 4.69) is 15.4 Å². The monoisotopic (exact) mass is 290 g/mol. The highest BCUT2D eigenvalue weighted by Gasteiger charge is 2.19. The van der Waals surface area contributed by atoms with Gasteiger partial charge >= 0.3 is 0 Å². The number of carbonyl (C=O) groups excluding carboxylic acids is 1. The van der Waals surface area contributed by atoms with Crippen LogP contribution in [0.1, 0.15) is 42.7 Å². The van der Waals surface area contributed by atoms with Crippen molar-refractivity contribution in [2.75, 3.05) is 13.2 Å². The van der Waals surface area contributed by atoms with Gasteiger partial charge in [-0.15, -0.1) is 0 Å². The van der Waals surface area contributed by atoms with Crippen molar-refractivity contribution in [2.24, 2.45) is 5.41 Å². The molecule has 0 aromatic carbocycles. The lowest BCUT2D eigenvalue weighted by atomic mass is 9.89. The zero-order chi connectivity index (χ0) is 15.5. The normalized spacial score (nSPS) is 11.8. The molecule has 0 unspecified atom stereocenters. The fraction of sp³-hybridized carbons (Fsp3) is 0.533. The molecule has 0 saturated carbocycles. The molecule has 2 rings (SSSR count). The van der Waals surface area contributed by atoms with Crippen LogP contribution in [-0.2, 0) is 0 Å². The second-order valence-corrected chi connectivity index (χ2v) is 6.03. The standard InChI is InChI=1S/C15H22N4O2/c1-11-12(13-16-8-5-9-19(13)18-11)14(21)17-7-4-6-15(2,3)10-20/h5,8-9,20H,4,6-7,10H2,1-3H3,(H,17,21). The zero-order valence-corrected chi connectivity index (χ0v) is 12.8. The molecule has 0 aliphatic heterocycles. The van der Waals surface area contributed by atoms with Crippen LogP contribution in [-0.4, -0.2) is 38.8 Å². The van der Waals surface area contributed by atoms with E-state index >= 15 is 0 Å². The number of aliphatic hydroxyl groups excluding tert-OH is 1. The number of fused-ring (bicyclic) bond motifs is 1. The Kier molecular flexibility index (Phi) is 4.57. The van der Waals surface area contributed by atoms with Gasteiger partial charge in [0.1, 0.15) is 5.56 Å². The number of aryl methyl sites for hydroxylation is 1. The Bertz CT molecular complexity index is 634. The summed E-state index contributed by atoms with van der Waals surface area (Å²) < 4.78 is 1.61. The van der Waals surface area contributed by atoms with Crippen molar-refractivity contribution in [3.05, 3.63) is 29.7 Å². The average molecular weight is 290 g/mol. The highest BCUT2D eigenvalue weighted by Crippen LogP contribution is 2.20. The largest absolute Gasteiger partial charge is 0.396 e. The Balaban J connectivity index is 1.98. The van der Waals surface area contributed by atoms with Crippen LogP contribution in [0, 0.1) is 12.3 Å². The quantitative estimate of drug-likeness (QED) is 0.791. The average Bonchev–Trinajstić information content (AvgIpc) is 2.79. The lowest BCUT2D eigenvalue weighted by Gasteiger charge is -2.21. The summed E-state index contributed by atoms with van der Waals surface area (Å²) in [5.41, 5.74) is 1.66. The van der Waals surface area contributed by atoms with Gasteiger partial charge in [-0.2, -0.15) is 5.10 Å². The molecular weight excluding hydrogens is 268 g/mol. The lowest BCUT2D eigenvalue weighted by molar-refractivity contribution is 0.0949. The van der Waals surface area contributed by atoms with E-state index in [0.717, 1.165) is 12.8 Å². The van der Waals surface area contributed by atoms with Crippen LogP contribution < -0.4 is 5.32 Å². The van der Waals surface area contributed by atoms with Gasteiger partial charge < -0.3 is 10.4 Å². The van der Waals surface area contributed by atoms with Crippen molar-refractivity contribution in [3.8, 4) is 0 Å². The molecule has 0 radical (unpaired) electrons. The molecule has 6 heteroatoms. The van der Waals surface area contributed by atoms with E-state index in [1.165, 1.54) is 0 Å². The molecule has 2 aromatic heterocycles. The number of nitrogens with zero attached hydrogens (tertiary/aromatic N) is 3. The minimum Gasteiger partial charge on any atom is -0.396 e. The Labute approximate surface area is 124 Å². The second-order valence-electron chi connectivity index (χ2n) is 6.03. The number of nitrogens with one attached hydrogen (secondary N) is 1. The fourth-order valence-corrected chi connectivity index (χ4v) is 2.20. The van der Waals surface area contributed by atoms with Crippen molar-refractivity contribution in [3.63, 3.8) is 0 Å². The van der Waals surface area contributed by atoms with E-state index in [1.807, 2.05) is 13.8 Å². The van der Waals surface area contributed by atoms with Crippen LogP contribution in [0.3, 0.4) is 0 Å². The molecule has 2 aromatic rings. The van der Waals surface area contributed by atoms with Gasteiger partial charge in [0.15, 0.2) is 5.65 Å². The molecule has 0 atom stereocenters. The molecule has 21 heavy (non-hydrogen) atoms. The first-order valence-corrected chi connectivity index (χ1v) is 7.13. The SMILES string of the molecule is Cc1nn2cccnc2c1C(=O)NCCCC(C)(C)CO. The van der Waals surface area contributed by atoms with E-state index in [0.29, 0.717) is 23.4 Å². The zero-order valence-electron chi connectivity index (χ0n) is 12.8. The highest BCUT2D eigenvalue weighted by molar-refractivity contribution is 6.00. The maximum Gasteiger partial charge on any atom is 0.257 e. The number of hydrogen-bond acceptors (Lipinski definition) is 4. The Morgan fingerprint density at radius 2 is 2.24 bits per heavy atom. The summed E-state index contributed by atoms with van der Waals surface area (Å²) in [5.74, 6) is -0.150. The van der Waals surface area contributed by atoms with Gasteiger partial charge in [-0.05, 0) is 31.2 Å². The van der Waals surface area contributed by atoms with Crippen LogP contribution in [0.4, 0.5) is 0 Å². The minimum absolute atomic E-state index is 0.105. The Hall–Kier alpha value is -1.95. The molecule has 0 spiro atoms. The number of hydrogen-bond donors (Lipinski definition) is 2. The molecule has 2 heterocycles. The van der Waals surface area contributed by atoms with Crippen molar-refractivity contribution < 1.29 is 9.90 Å². The summed E-state index contributed by atoms with van der Waals surface area (Å²) >= 11 is 0. The van der Waals surface area contributed by atoms with Crippen LogP contribution >= 0.6 is 0 Å².